The predicted molar refractivity (Wildman–Crippen MR) is 74.5 cm³/mol. The summed E-state index contributed by atoms with van der Waals surface area (Å²) in [4.78, 5) is 14.4. The molecule has 3 aliphatic rings. The topological polar surface area (TPSA) is 47.6 Å². The van der Waals surface area contributed by atoms with Gasteiger partial charge in [0.05, 0.1) is 0 Å². The Bertz CT molecular complexity index is 315. The Hall–Kier alpha value is -0.650. The molecule has 3 heterocycles. The highest BCUT2D eigenvalue weighted by molar-refractivity contribution is 5.75. The molecule has 3 aliphatic heterocycles. The number of fused-ring (bicyclic) bond motifs is 2. The molecule has 3 fully saturated rings. The number of likely N-dealkylation sites (N-methyl/N-ethyl adjacent to an activating group) is 1. The molecule has 0 radical (unpaired) electrons. The molecule has 5 nitrogen and oxygen atoms in total. The zero-order chi connectivity index (χ0) is 13.2. The third kappa shape index (κ3) is 3.46. The molecule has 5 heteroatoms. The molecule has 1 amide bonds. The van der Waals surface area contributed by atoms with Crippen molar-refractivity contribution in [2.75, 3.05) is 33.2 Å². The van der Waals surface area contributed by atoms with E-state index < -0.39 is 0 Å². The number of carbonyl (C=O) groups is 1. The molecule has 108 valence electrons. The number of hydrogen-bond acceptors (Lipinski definition) is 4. The molecule has 19 heavy (non-hydrogen) atoms. The van der Waals surface area contributed by atoms with Crippen molar-refractivity contribution in [2.24, 2.45) is 5.92 Å². The van der Waals surface area contributed by atoms with E-state index in [2.05, 4.69) is 27.7 Å². The number of piperazine rings is 1. The van der Waals surface area contributed by atoms with Gasteiger partial charge in [0, 0.05) is 44.7 Å². The lowest BCUT2D eigenvalue weighted by Crippen LogP contribution is -2.53. The molecule has 0 saturated carbocycles. The maximum absolute atomic E-state index is 12.1. The summed E-state index contributed by atoms with van der Waals surface area (Å²) in [6.45, 7) is 3.97. The molecule has 2 bridgehead atoms. The summed E-state index contributed by atoms with van der Waals surface area (Å²) in [6, 6.07) is 1.36. The van der Waals surface area contributed by atoms with Crippen LogP contribution < -0.4 is 10.7 Å². The molecule has 3 saturated heterocycles. The fraction of sp³-hybridized carbons (Fsp3) is 0.929. The van der Waals surface area contributed by atoms with E-state index in [0.29, 0.717) is 24.4 Å². The molecule has 0 aromatic heterocycles. The highest BCUT2D eigenvalue weighted by atomic mass is 16.2. The lowest BCUT2D eigenvalue weighted by molar-refractivity contribution is -0.127. The van der Waals surface area contributed by atoms with Crippen molar-refractivity contribution in [2.45, 2.75) is 44.2 Å². The minimum Gasteiger partial charge on any atom is -0.311 e. The monoisotopic (exact) mass is 266 g/mol. The fourth-order valence-electron chi connectivity index (χ4n) is 3.74. The van der Waals surface area contributed by atoms with E-state index in [1.165, 1.54) is 25.7 Å². The van der Waals surface area contributed by atoms with Gasteiger partial charge in [0.25, 0.3) is 0 Å². The van der Waals surface area contributed by atoms with Crippen LogP contribution in [0.25, 0.3) is 0 Å². The van der Waals surface area contributed by atoms with Crippen LogP contribution in [0.4, 0.5) is 0 Å². The Kier molecular flexibility index (Phi) is 4.05. The second-order valence-corrected chi connectivity index (χ2v) is 6.50. The molecule has 0 aliphatic carbocycles. The van der Waals surface area contributed by atoms with Gasteiger partial charge in [-0.1, -0.05) is 0 Å². The second-order valence-electron chi connectivity index (χ2n) is 6.50. The zero-order valence-electron chi connectivity index (χ0n) is 11.9. The third-order valence-corrected chi connectivity index (χ3v) is 4.83. The smallest absolute Gasteiger partial charge is 0.234 e. The van der Waals surface area contributed by atoms with Crippen LogP contribution in [0, 0.1) is 5.92 Å². The molecule has 2 unspecified atom stereocenters. The molecule has 2 atom stereocenters. The number of hydrazine groups is 1. The van der Waals surface area contributed by atoms with Crippen LogP contribution in [0.5, 0.6) is 0 Å². The lowest BCUT2D eigenvalue weighted by Gasteiger charge is -2.33. The van der Waals surface area contributed by atoms with Gasteiger partial charge in [-0.05, 0) is 38.6 Å². The van der Waals surface area contributed by atoms with E-state index in [-0.39, 0.29) is 5.91 Å². The molecular formula is C14H26N4O. The lowest BCUT2D eigenvalue weighted by atomic mass is 9.89. The summed E-state index contributed by atoms with van der Waals surface area (Å²) in [5.41, 5.74) is 3.08. The fourth-order valence-corrected chi connectivity index (χ4v) is 3.74. The van der Waals surface area contributed by atoms with E-state index in [0.717, 1.165) is 26.2 Å². The van der Waals surface area contributed by atoms with Crippen molar-refractivity contribution < 1.29 is 4.79 Å². The summed E-state index contributed by atoms with van der Waals surface area (Å²) in [5.74, 6) is 0.807. The predicted octanol–water partition coefficient (Wildman–Crippen LogP) is 0.186. The Morgan fingerprint density at radius 1 is 1.16 bits per heavy atom. The van der Waals surface area contributed by atoms with Gasteiger partial charge in [-0.3, -0.25) is 10.2 Å². The number of amides is 1. The highest BCUT2D eigenvalue weighted by Gasteiger charge is 2.34. The Labute approximate surface area is 115 Å². The van der Waals surface area contributed by atoms with Gasteiger partial charge in [-0.15, -0.1) is 0 Å². The molecule has 0 spiro atoms. The summed E-state index contributed by atoms with van der Waals surface area (Å²) in [7, 11) is 2.13. The van der Waals surface area contributed by atoms with Crippen LogP contribution in [0.3, 0.4) is 0 Å². The van der Waals surface area contributed by atoms with Crippen molar-refractivity contribution in [1.82, 2.24) is 20.7 Å². The first-order valence-corrected chi connectivity index (χ1v) is 7.68. The average molecular weight is 266 g/mol. The van der Waals surface area contributed by atoms with Crippen LogP contribution in [0.15, 0.2) is 0 Å². The highest BCUT2D eigenvalue weighted by Crippen LogP contribution is 2.32. The number of nitrogens with one attached hydrogen (secondary N) is 2. The summed E-state index contributed by atoms with van der Waals surface area (Å²) < 4.78 is 0. The molecule has 3 rings (SSSR count). The molecule has 0 aromatic rings. The van der Waals surface area contributed by atoms with Gasteiger partial charge in [0.15, 0.2) is 0 Å². The minimum atomic E-state index is 0.218. The van der Waals surface area contributed by atoms with Crippen LogP contribution in [-0.4, -0.2) is 61.1 Å². The van der Waals surface area contributed by atoms with Gasteiger partial charge in [0.2, 0.25) is 5.91 Å². The number of carbonyl (C=O) groups excluding carboxylic acids is 1. The van der Waals surface area contributed by atoms with Gasteiger partial charge < -0.3 is 10.2 Å². The number of hydrogen-bond donors (Lipinski definition) is 2. The Morgan fingerprint density at radius 2 is 1.79 bits per heavy atom. The largest absolute Gasteiger partial charge is 0.311 e. The maximum atomic E-state index is 12.1. The Morgan fingerprint density at radius 3 is 2.42 bits per heavy atom. The maximum Gasteiger partial charge on any atom is 0.234 e. The first-order chi connectivity index (χ1) is 9.19. The van der Waals surface area contributed by atoms with Gasteiger partial charge in [0.1, 0.15) is 0 Å². The summed E-state index contributed by atoms with van der Waals surface area (Å²) >= 11 is 0. The van der Waals surface area contributed by atoms with Gasteiger partial charge in [-0.25, -0.2) is 5.01 Å². The standard InChI is InChI=1S/C14H26N4O/c1-17-4-6-18(7-5-17)16-14(19)10-11-8-12-2-3-13(9-11)15-12/h11-13,15H,2-10H2,1H3,(H,16,19). The van der Waals surface area contributed by atoms with Gasteiger partial charge in [-0.2, -0.15) is 0 Å². The second kappa shape index (κ2) is 5.77. The SMILES string of the molecule is CN1CCN(NC(=O)CC2CC3CCC(C2)N3)CC1. The summed E-state index contributed by atoms with van der Waals surface area (Å²) in [5, 5.41) is 5.71. The van der Waals surface area contributed by atoms with Crippen molar-refractivity contribution in [3.05, 3.63) is 0 Å². The molecule has 0 aromatic carbocycles. The van der Waals surface area contributed by atoms with Crippen molar-refractivity contribution in [1.29, 1.82) is 0 Å². The van der Waals surface area contributed by atoms with Crippen LogP contribution in [0.1, 0.15) is 32.1 Å². The molecule has 2 N–H and O–H groups in total. The van der Waals surface area contributed by atoms with Crippen LogP contribution in [0.2, 0.25) is 0 Å². The van der Waals surface area contributed by atoms with Crippen molar-refractivity contribution in [3.8, 4) is 0 Å². The van der Waals surface area contributed by atoms with Gasteiger partial charge >= 0.3 is 0 Å². The summed E-state index contributed by atoms with van der Waals surface area (Å²) in [6.07, 6.45) is 5.70. The average Bonchev–Trinajstić information content (AvgIpc) is 2.72. The Balaban J connectivity index is 1.41. The van der Waals surface area contributed by atoms with Crippen LogP contribution in [-0.2, 0) is 4.79 Å². The van der Waals surface area contributed by atoms with E-state index in [1.54, 1.807) is 0 Å². The van der Waals surface area contributed by atoms with Crippen LogP contribution >= 0.6 is 0 Å². The van der Waals surface area contributed by atoms with E-state index in [9.17, 15) is 4.79 Å². The minimum absolute atomic E-state index is 0.218. The zero-order valence-corrected chi connectivity index (χ0v) is 11.9. The quantitative estimate of drug-likeness (QED) is 0.765. The van der Waals surface area contributed by atoms with Crippen molar-refractivity contribution in [3.63, 3.8) is 0 Å². The van der Waals surface area contributed by atoms with E-state index >= 15 is 0 Å². The first-order valence-electron chi connectivity index (χ1n) is 7.68. The normalized spacial score (nSPS) is 36.4. The number of piperidine rings is 1. The van der Waals surface area contributed by atoms with E-state index in [1.807, 2.05) is 0 Å². The number of nitrogens with zero attached hydrogens (tertiary/aromatic N) is 2. The van der Waals surface area contributed by atoms with Crippen molar-refractivity contribution >= 4 is 5.91 Å². The third-order valence-electron chi connectivity index (χ3n) is 4.83. The molecular weight excluding hydrogens is 240 g/mol. The first kappa shape index (κ1) is 13.3. The number of rotatable bonds is 3. The van der Waals surface area contributed by atoms with E-state index in [4.69, 9.17) is 0 Å².